The van der Waals surface area contributed by atoms with Gasteiger partial charge in [-0.05, 0) is 45.4 Å². The number of nitrogens with one attached hydrogen (secondary N) is 2. The first-order chi connectivity index (χ1) is 10.1. The molecule has 2 N–H and O–H groups in total. The molecule has 114 valence electrons. The quantitative estimate of drug-likeness (QED) is 0.867. The third-order valence-corrected chi connectivity index (χ3v) is 4.79. The van der Waals surface area contributed by atoms with Crippen LogP contribution >= 0.6 is 0 Å². The van der Waals surface area contributed by atoms with Crippen LogP contribution < -0.4 is 10.6 Å². The van der Waals surface area contributed by atoms with Gasteiger partial charge >= 0.3 is 0 Å². The summed E-state index contributed by atoms with van der Waals surface area (Å²) in [5.41, 5.74) is 1.58. The van der Waals surface area contributed by atoms with Crippen molar-refractivity contribution in [3.63, 3.8) is 0 Å². The highest BCUT2D eigenvalue weighted by molar-refractivity contribution is 5.93. The molecule has 0 bridgehead atoms. The summed E-state index contributed by atoms with van der Waals surface area (Å²) < 4.78 is 0. The van der Waals surface area contributed by atoms with Crippen molar-refractivity contribution in [2.75, 3.05) is 5.32 Å². The maximum Gasteiger partial charge on any atom is 0.249 e. The summed E-state index contributed by atoms with van der Waals surface area (Å²) in [4.78, 5) is 16.6. The van der Waals surface area contributed by atoms with E-state index in [1.165, 1.54) is 25.7 Å². The van der Waals surface area contributed by atoms with E-state index in [2.05, 4.69) is 25.8 Å². The zero-order valence-electron chi connectivity index (χ0n) is 12.7. The first-order valence-electron chi connectivity index (χ1n) is 7.88. The molecule has 2 aliphatic rings. The van der Waals surface area contributed by atoms with Gasteiger partial charge in [0.05, 0.1) is 17.4 Å². The molecule has 1 aromatic heterocycles. The van der Waals surface area contributed by atoms with Gasteiger partial charge in [-0.3, -0.25) is 10.1 Å². The molecule has 0 spiro atoms. The van der Waals surface area contributed by atoms with Crippen LogP contribution in [0, 0.1) is 19.8 Å². The number of rotatable bonds is 2. The second-order valence-corrected chi connectivity index (χ2v) is 6.24. The fourth-order valence-corrected chi connectivity index (χ4v) is 3.41. The Balaban J connectivity index is 1.61. The second kappa shape index (κ2) is 6.05. The summed E-state index contributed by atoms with van der Waals surface area (Å²) in [6.07, 6.45) is 7.13. The van der Waals surface area contributed by atoms with E-state index in [-0.39, 0.29) is 11.9 Å². The first kappa shape index (κ1) is 14.4. The van der Waals surface area contributed by atoms with Crippen LogP contribution in [0.5, 0.6) is 0 Å². The molecule has 3 atom stereocenters. The Hall–Kier alpha value is -1.56. The molecule has 3 rings (SSSR count). The van der Waals surface area contributed by atoms with Gasteiger partial charge in [-0.15, -0.1) is 5.10 Å². The summed E-state index contributed by atoms with van der Waals surface area (Å²) in [6.45, 7) is 3.72. The van der Waals surface area contributed by atoms with E-state index in [1.807, 2.05) is 13.8 Å². The van der Waals surface area contributed by atoms with Crippen LogP contribution in [0.1, 0.15) is 49.9 Å². The fraction of sp³-hybridized carbons (Fsp3) is 0.733. The van der Waals surface area contributed by atoms with E-state index in [0.717, 1.165) is 30.1 Å². The number of hydrogen-bond acceptors (Lipinski definition) is 5. The summed E-state index contributed by atoms with van der Waals surface area (Å²) in [5, 5.41) is 14.2. The minimum atomic E-state index is -0.130. The van der Waals surface area contributed by atoms with Gasteiger partial charge < -0.3 is 5.32 Å². The lowest BCUT2D eigenvalue weighted by atomic mass is 9.77. The first-order valence-corrected chi connectivity index (χ1v) is 7.88. The molecule has 2 fully saturated rings. The van der Waals surface area contributed by atoms with E-state index in [1.54, 1.807) is 0 Å². The molecule has 0 aromatic carbocycles. The Morgan fingerprint density at radius 3 is 2.71 bits per heavy atom. The van der Waals surface area contributed by atoms with Crippen molar-refractivity contribution in [3.8, 4) is 0 Å². The molecule has 1 aliphatic heterocycles. The molecule has 2 heterocycles. The number of anilines is 1. The van der Waals surface area contributed by atoms with Crippen LogP contribution in [-0.4, -0.2) is 33.2 Å². The van der Waals surface area contributed by atoms with Gasteiger partial charge in [-0.2, -0.15) is 5.10 Å². The number of aromatic nitrogens is 3. The van der Waals surface area contributed by atoms with Gasteiger partial charge in [-0.25, -0.2) is 4.98 Å². The minimum absolute atomic E-state index is 0.0379. The third-order valence-electron chi connectivity index (χ3n) is 4.79. The van der Waals surface area contributed by atoms with E-state index in [9.17, 15) is 4.79 Å². The molecule has 1 aromatic rings. The number of carbonyl (C=O) groups excluding carboxylic acids is 1. The maximum atomic E-state index is 12.4. The average molecular weight is 289 g/mol. The SMILES string of the molecule is Cc1nnc(NC(=O)C2CCC3CCCCC3N2)nc1C. The molecule has 6 nitrogen and oxygen atoms in total. The van der Waals surface area contributed by atoms with Gasteiger partial charge in [0, 0.05) is 6.04 Å². The number of hydrogen-bond donors (Lipinski definition) is 2. The zero-order chi connectivity index (χ0) is 14.8. The van der Waals surface area contributed by atoms with Crippen molar-refractivity contribution in [3.05, 3.63) is 11.4 Å². The lowest BCUT2D eigenvalue weighted by Crippen LogP contribution is -2.53. The Bertz CT molecular complexity index is 533. The van der Waals surface area contributed by atoms with Crippen molar-refractivity contribution in [2.24, 2.45) is 5.92 Å². The van der Waals surface area contributed by atoms with Crippen LogP contribution in [0.2, 0.25) is 0 Å². The van der Waals surface area contributed by atoms with E-state index < -0.39 is 0 Å². The fourth-order valence-electron chi connectivity index (χ4n) is 3.41. The monoisotopic (exact) mass is 289 g/mol. The highest BCUT2D eigenvalue weighted by Crippen LogP contribution is 2.32. The van der Waals surface area contributed by atoms with Crippen LogP contribution in [0.3, 0.4) is 0 Å². The standard InChI is InChI=1S/C15H23N5O/c1-9-10(2)19-20-15(16-9)18-14(21)13-8-7-11-5-3-4-6-12(11)17-13/h11-13,17H,3-8H2,1-2H3,(H,16,18,20,21). The van der Waals surface area contributed by atoms with Crippen molar-refractivity contribution in [1.29, 1.82) is 0 Å². The molecule has 1 amide bonds. The van der Waals surface area contributed by atoms with Crippen LogP contribution in [0.4, 0.5) is 5.95 Å². The van der Waals surface area contributed by atoms with Gasteiger partial charge in [0.25, 0.3) is 0 Å². The minimum Gasteiger partial charge on any atom is -0.303 e. The number of nitrogens with zero attached hydrogens (tertiary/aromatic N) is 3. The molecule has 3 unspecified atom stereocenters. The molecular weight excluding hydrogens is 266 g/mol. The number of piperidine rings is 1. The number of fused-ring (bicyclic) bond motifs is 1. The van der Waals surface area contributed by atoms with Crippen LogP contribution in [0.25, 0.3) is 0 Å². The highest BCUT2D eigenvalue weighted by atomic mass is 16.2. The Kier molecular flexibility index (Phi) is 4.14. The average Bonchev–Trinajstić information content (AvgIpc) is 2.50. The normalized spacial score (nSPS) is 28.8. The lowest BCUT2D eigenvalue weighted by Gasteiger charge is -2.39. The summed E-state index contributed by atoms with van der Waals surface area (Å²) in [6, 6.07) is 0.372. The number of amides is 1. The highest BCUT2D eigenvalue weighted by Gasteiger charge is 2.34. The largest absolute Gasteiger partial charge is 0.303 e. The number of carbonyl (C=O) groups is 1. The van der Waals surface area contributed by atoms with Crippen molar-refractivity contribution in [2.45, 2.75) is 64.5 Å². The van der Waals surface area contributed by atoms with Crippen molar-refractivity contribution in [1.82, 2.24) is 20.5 Å². The Labute approximate surface area is 125 Å². The van der Waals surface area contributed by atoms with Gasteiger partial charge in [0.15, 0.2) is 0 Å². The van der Waals surface area contributed by atoms with E-state index in [0.29, 0.717) is 12.0 Å². The van der Waals surface area contributed by atoms with E-state index in [4.69, 9.17) is 0 Å². The third kappa shape index (κ3) is 3.20. The maximum absolute atomic E-state index is 12.4. The summed E-state index contributed by atoms with van der Waals surface area (Å²) >= 11 is 0. The van der Waals surface area contributed by atoms with Gasteiger partial charge in [0.2, 0.25) is 11.9 Å². The lowest BCUT2D eigenvalue weighted by molar-refractivity contribution is -0.119. The molecule has 1 saturated heterocycles. The predicted molar refractivity (Wildman–Crippen MR) is 79.8 cm³/mol. The summed E-state index contributed by atoms with van der Waals surface area (Å²) in [5.74, 6) is 1.02. The van der Waals surface area contributed by atoms with Crippen molar-refractivity contribution >= 4 is 11.9 Å². The summed E-state index contributed by atoms with van der Waals surface area (Å²) in [7, 11) is 0. The van der Waals surface area contributed by atoms with E-state index >= 15 is 0 Å². The zero-order valence-corrected chi connectivity index (χ0v) is 12.7. The second-order valence-electron chi connectivity index (χ2n) is 6.24. The smallest absolute Gasteiger partial charge is 0.249 e. The predicted octanol–water partition coefficient (Wildman–Crippen LogP) is 1.74. The molecule has 21 heavy (non-hydrogen) atoms. The molecule has 1 saturated carbocycles. The van der Waals surface area contributed by atoms with Crippen LogP contribution in [0.15, 0.2) is 0 Å². The van der Waals surface area contributed by atoms with Crippen molar-refractivity contribution < 1.29 is 4.79 Å². The molecular formula is C15H23N5O. The van der Waals surface area contributed by atoms with Gasteiger partial charge in [-0.1, -0.05) is 12.8 Å². The molecule has 1 aliphatic carbocycles. The Morgan fingerprint density at radius 1 is 1.10 bits per heavy atom. The number of aryl methyl sites for hydroxylation is 2. The van der Waals surface area contributed by atoms with Crippen LogP contribution in [-0.2, 0) is 4.79 Å². The Morgan fingerprint density at radius 2 is 1.90 bits per heavy atom. The topological polar surface area (TPSA) is 79.8 Å². The van der Waals surface area contributed by atoms with Gasteiger partial charge in [0.1, 0.15) is 0 Å². The molecule has 0 radical (unpaired) electrons. The molecule has 6 heteroatoms.